The third-order valence-corrected chi connectivity index (χ3v) is 4.98. The Morgan fingerprint density at radius 1 is 1.04 bits per heavy atom. The number of nitrogens with one attached hydrogen (secondary N) is 1. The van der Waals surface area contributed by atoms with Crippen LogP contribution in [0.25, 0.3) is 0 Å². The molecule has 27 heavy (non-hydrogen) atoms. The maximum atomic E-state index is 12.3. The Hall–Kier alpha value is -2.25. The zero-order valence-electron chi connectivity index (χ0n) is 14.5. The Balaban J connectivity index is 1.45. The number of ether oxygens (including phenoxy) is 1. The molecule has 3 amide bonds. The Bertz CT molecular complexity index is 811. The fourth-order valence-electron chi connectivity index (χ4n) is 2.71. The van der Waals surface area contributed by atoms with Gasteiger partial charge in [-0.1, -0.05) is 45.7 Å². The van der Waals surface area contributed by atoms with Gasteiger partial charge in [0, 0.05) is 36.3 Å². The van der Waals surface area contributed by atoms with Crippen LogP contribution < -0.4 is 10.1 Å². The highest BCUT2D eigenvalue weighted by atomic mass is 79.9. The molecule has 1 aliphatic heterocycles. The number of hydrogen-bond acceptors (Lipinski definition) is 3. The largest absolute Gasteiger partial charge is 0.482 e. The number of amides is 3. The lowest BCUT2D eigenvalue weighted by atomic mass is 10.3. The van der Waals surface area contributed by atoms with Crippen molar-refractivity contribution in [1.82, 2.24) is 9.80 Å². The Labute approximate surface area is 171 Å². The number of rotatable bonds is 4. The van der Waals surface area contributed by atoms with Gasteiger partial charge in [-0.15, -0.1) is 0 Å². The quantitative estimate of drug-likeness (QED) is 0.766. The molecule has 0 radical (unpaired) electrons. The first kappa shape index (κ1) is 19.5. The van der Waals surface area contributed by atoms with Crippen molar-refractivity contribution in [3.8, 4) is 5.75 Å². The van der Waals surface area contributed by atoms with E-state index in [0.29, 0.717) is 37.0 Å². The minimum atomic E-state index is -0.161. The summed E-state index contributed by atoms with van der Waals surface area (Å²) in [6.45, 7) is 1.81. The van der Waals surface area contributed by atoms with Crippen molar-refractivity contribution in [1.29, 1.82) is 0 Å². The topological polar surface area (TPSA) is 61.9 Å². The second kappa shape index (κ2) is 9.10. The smallest absolute Gasteiger partial charge is 0.321 e. The number of para-hydroxylation sites is 1. The predicted molar refractivity (Wildman–Crippen MR) is 108 cm³/mol. The number of benzene rings is 2. The third-order valence-electron chi connectivity index (χ3n) is 4.19. The summed E-state index contributed by atoms with van der Waals surface area (Å²) in [6.07, 6.45) is 0. The summed E-state index contributed by atoms with van der Waals surface area (Å²) in [6, 6.07) is 14.4. The lowest BCUT2D eigenvalue weighted by Crippen LogP contribution is -2.52. The second-order valence-corrected chi connectivity index (χ2v) is 7.35. The van der Waals surface area contributed by atoms with Gasteiger partial charge in [-0.2, -0.15) is 0 Å². The SMILES string of the molecule is O=C(COc1ccc(Br)cc1Cl)N1CCN(C(=O)Nc2ccccc2)CC1. The summed E-state index contributed by atoms with van der Waals surface area (Å²) < 4.78 is 6.37. The molecule has 0 aliphatic carbocycles. The van der Waals surface area contributed by atoms with Crippen LogP contribution in [-0.4, -0.2) is 54.5 Å². The van der Waals surface area contributed by atoms with Crippen LogP contribution in [-0.2, 0) is 4.79 Å². The molecule has 1 fully saturated rings. The molecule has 2 aromatic carbocycles. The van der Waals surface area contributed by atoms with E-state index in [1.54, 1.807) is 28.0 Å². The molecular weight excluding hydrogens is 434 g/mol. The summed E-state index contributed by atoms with van der Waals surface area (Å²) in [5, 5.41) is 3.30. The number of urea groups is 1. The maximum Gasteiger partial charge on any atom is 0.321 e. The molecule has 3 rings (SSSR count). The van der Waals surface area contributed by atoms with Crippen molar-refractivity contribution in [2.45, 2.75) is 0 Å². The van der Waals surface area contributed by atoms with Crippen molar-refractivity contribution >= 4 is 45.2 Å². The number of nitrogens with zero attached hydrogens (tertiary/aromatic N) is 2. The second-order valence-electron chi connectivity index (χ2n) is 6.03. The van der Waals surface area contributed by atoms with Crippen LogP contribution in [0.3, 0.4) is 0 Å². The van der Waals surface area contributed by atoms with Crippen LogP contribution in [0.1, 0.15) is 0 Å². The number of anilines is 1. The van der Waals surface area contributed by atoms with Gasteiger partial charge in [-0.25, -0.2) is 4.79 Å². The van der Waals surface area contributed by atoms with Crippen LogP contribution in [0.4, 0.5) is 10.5 Å². The molecule has 1 heterocycles. The fraction of sp³-hybridized carbons (Fsp3) is 0.263. The minimum Gasteiger partial charge on any atom is -0.482 e. The van der Waals surface area contributed by atoms with E-state index in [1.807, 2.05) is 30.3 Å². The highest BCUT2D eigenvalue weighted by Gasteiger charge is 2.24. The lowest BCUT2D eigenvalue weighted by Gasteiger charge is -2.34. The standard InChI is InChI=1S/C19H19BrClN3O3/c20-14-6-7-17(16(21)12-14)27-13-18(25)23-8-10-24(11-9-23)19(26)22-15-4-2-1-3-5-15/h1-7,12H,8-11,13H2,(H,22,26). The summed E-state index contributed by atoms with van der Waals surface area (Å²) in [4.78, 5) is 28.0. The van der Waals surface area contributed by atoms with Gasteiger partial charge in [0.1, 0.15) is 5.75 Å². The molecule has 1 N–H and O–H groups in total. The van der Waals surface area contributed by atoms with E-state index in [0.717, 1.165) is 10.2 Å². The van der Waals surface area contributed by atoms with Gasteiger partial charge in [0.2, 0.25) is 0 Å². The first-order chi connectivity index (χ1) is 13.0. The zero-order chi connectivity index (χ0) is 19.2. The van der Waals surface area contributed by atoms with Gasteiger partial charge in [-0.3, -0.25) is 4.79 Å². The molecule has 1 aliphatic rings. The highest BCUT2D eigenvalue weighted by Crippen LogP contribution is 2.27. The number of carbonyl (C=O) groups excluding carboxylic acids is 2. The first-order valence-electron chi connectivity index (χ1n) is 8.49. The summed E-state index contributed by atoms with van der Waals surface area (Å²) in [5.41, 5.74) is 0.751. The number of halogens is 2. The number of carbonyl (C=O) groups is 2. The molecule has 0 aromatic heterocycles. The van der Waals surface area contributed by atoms with E-state index in [2.05, 4.69) is 21.2 Å². The fourth-order valence-corrected chi connectivity index (χ4v) is 3.43. The van der Waals surface area contributed by atoms with Crippen LogP contribution in [0.5, 0.6) is 5.75 Å². The van der Waals surface area contributed by atoms with Gasteiger partial charge < -0.3 is 19.9 Å². The molecule has 1 saturated heterocycles. The molecule has 0 unspecified atom stereocenters. The monoisotopic (exact) mass is 451 g/mol. The van der Waals surface area contributed by atoms with Gasteiger partial charge in [0.15, 0.2) is 6.61 Å². The van der Waals surface area contributed by atoms with Crippen LogP contribution in [0.2, 0.25) is 5.02 Å². The number of hydrogen-bond donors (Lipinski definition) is 1. The molecule has 142 valence electrons. The molecule has 0 bridgehead atoms. The lowest BCUT2D eigenvalue weighted by molar-refractivity contribution is -0.134. The molecule has 0 saturated carbocycles. The molecule has 6 nitrogen and oxygen atoms in total. The summed E-state index contributed by atoms with van der Waals surface area (Å²) >= 11 is 9.41. The van der Waals surface area contributed by atoms with Crippen LogP contribution in [0.15, 0.2) is 53.0 Å². The van der Waals surface area contributed by atoms with E-state index < -0.39 is 0 Å². The van der Waals surface area contributed by atoms with E-state index in [-0.39, 0.29) is 18.5 Å². The Morgan fingerprint density at radius 2 is 1.70 bits per heavy atom. The normalized spacial score (nSPS) is 14.0. The predicted octanol–water partition coefficient (Wildman–Crippen LogP) is 3.86. The van der Waals surface area contributed by atoms with E-state index in [9.17, 15) is 9.59 Å². The first-order valence-corrected chi connectivity index (χ1v) is 9.66. The summed E-state index contributed by atoms with van der Waals surface area (Å²) in [7, 11) is 0. The van der Waals surface area contributed by atoms with Crippen molar-refractivity contribution in [2.75, 3.05) is 38.1 Å². The van der Waals surface area contributed by atoms with Crippen molar-refractivity contribution in [3.05, 3.63) is 58.0 Å². The maximum absolute atomic E-state index is 12.3. The molecule has 0 spiro atoms. The highest BCUT2D eigenvalue weighted by molar-refractivity contribution is 9.10. The molecular formula is C19H19BrClN3O3. The van der Waals surface area contributed by atoms with Crippen molar-refractivity contribution in [3.63, 3.8) is 0 Å². The average molecular weight is 453 g/mol. The molecule has 8 heteroatoms. The summed E-state index contributed by atoms with van der Waals surface area (Å²) in [5.74, 6) is 0.339. The van der Waals surface area contributed by atoms with Gasteiger partial charge >= 0.3 is 6.03 Å². The van der Waals surface area contributed by atoms with Crippen molar-refractivity contribution in [2.24, 2.45) is 0 Å². The van der Waals surface area contributed by atoms with E-state index in [4.69, 9.17) is 16.3 Å². The van der Waals surface area contributed by atoms with Crippen LogP contribution in [0, 0.1) is 0 Å². The third kappa shape index (κ3) is 5.37. The number of piperazine rings is 1. The Kier molecular flexibility index (Phi) is 6.58. The van der Waals surface area contributed by atoms with Gasteiger partial charge in [0.05, 0.1) is 5.02 Å². The van der Waals surface area contributed by atoms with Crippen LogP contribution >= 0.6 is 27.5 Å². The molecule has 0 atom stereocenters. The average Bonchev–Trinajstić information content (AvgIpc) is 2.68. The van der Waals surface area contributed by atoms with Crippen molar-refractivity contribution < 1.29 is 14.3 Å². The Morgan fingerprint density at radius 3 is 2.37 bits per heavy atom. The van der Waals surface area contributed by atoms with Gasteiger partial charge in [-0.05, 0) is 30.3 Å². The minimum absolute atomic E-state index is 0.0857. The molecule has 2 aromatic rings. The van der Waals surface area contributed by atoms with E-state index >= 15 is 0 Å². The zero-order valence-corrected chi connectivity index (χ0v) is 16.9. The van der Waals surface area contributed by atoms with E-state index in [1.165, 1.54) is 0 Å². The van der Waals surface area contributed by atoms with Gasteiger partial charge in [0.25, 0.3) is 5.91 Å².